The number of thioether (sulfide) groups is 1. The van der Waals surface area contributed by atoms with Gasteiger partial charge in [-0.25, -0.2) is 4.98 Å². The van der Waals surface area contributed by atoms with Crippen LogP contribution in [0.5, 0.6) is 5.75 Å². The minimum absolute atomic E-state index is 0.0386. The van der Waals surface area contributed by atoms with Crippen LogP contribution in [0.3, 0.4) is 0 Å². The van der Waals surface area contributed by atoms with Crippen molar-refractivity contribution in [1.82, 2.24) is 4.98 Å². The van der Waals surface area contributed by atoms with Crippen molar-refractivity contribution >= 4 is 39.3 Å². The van der Waals surface area contributed by atoms with E-state index in [9.17, 15) is 4.79 Å². The van der Waals surface area contributed by atoms with Crippen LogP contribution in [-0.2, 0) is 4.79 Å². The van der Waals surface area contributed by atoms with Crippen LogP contribution >= 0.6 is 23.1 Å². The van der Waals surface area contributed by atoms with Gasteiger partial charge in [-0.2, -0.15) is 0 Å². The molecule has 0 aliphatic carbocycles. The average molecular weight is 255 g/mol. The SMILES string of the molecule is COc1ccc2nc(SCC(=O)O)sc2c1. The number of methoxy groups -OCH3 is 1. The highest BCUT2D eigenvalue weighted by Crippen LogP contribution is 2.31. The molecule has 6 heteroatoms. The van der Waals surface area contributed by atoms with Gasteiger partial charge >= 0.3 is 5.97 Å². The van der Waals surface area contributed by atoms with E-state index in [4.69, 9.17) is 9.84 Å². The Kier molecular flexibility index (Phi) is 3.31. The number of carboxylic acids is 1. The van der Waals surface area contributed by atoms with E-state index in [1.165, 1.54) is 23.1 Å². The standard InChI is InChI=1S/C10H9NO3S2/c1-14-6-2-3-7-8(4-6)16-10(11-7)15-5-9(12)13/h2-4H,5H2,1H3,(H,12,13). The summed E-state index contributed by atoms with van der Waals surface area (Å²) in [5.74, 6) is -0.00971. The number of carboxylic acid groups (broad SMARTS) is 1. The van der Waals surface area contributed by atoms with E-state index in [1.54, 1.807) is 7.11 Å². The second kappa shape index (κ2) is 4.71. The maximum atomic E-state index is 10.4. The highest BCUT2D eigenvalue weighted by Gasteiger charge is 2.07. The molecule has 1 aromatic carbocycles. The molecule has 0 radical (unpaired) electrons. The zero-order valence-corrected chi connectivity index (χ0v) is 10.1. The molecule has 0 amide bonds. The van der Waals surface area contributed by atoms with E-state index in [0.717, 1.165) is 20.3 Å². The Balaban J connectivity index is 2.25. The molecule has 0 aliphatic rings. The second-order valence-corrected chi connectivity index (χ2v) is 5.25. The van der Waals surface area contributed by atoms with E-state index < -0.39 is 5.97 Å². The maximum Gasteiger partial charge on any atom is 0.313 e. The smallest absolute Gasteiger partial charge is 0.313 e. The lowest BCUT2D eigenvalue weighted by Crippen LogP contribution is -1.96. The summed E-state index contributed by atoms with van der Waals surface area (Å²) in [6, 6.07) is 5.61. The Hall–Kier alpha value is -1.27. The Morgan fingerprint density at radius 1 is 1.62 bits per heavy atom. The van der Waals surface area contributed by atoms with Crippen molar-refractivity contribution in [3.8, 4) is 5.75 Å². The lowest BCUT2D eigenvalue weighted by molar-refractivity contribution is -0.133. The molecule has 16 heavy (non-hydrogen) atoms. The van der Waals surface area contributed by atoms with Crippen molar-refractivity contribution in [2.45, 2.75) is 4.34 Å². The number of aromatic nitrogens is 1. The third kappa shape index (κ3) is 2.45. The van der Waals surface area contributed by atoms with Crippen LogP contribution in [-0.4, -0.2) is 28.9 Å². The number of fused-ring (bicyclic) bond motifs is 1. The lowest BCUT2D eigenvalue weighted by atomic mass is 10.3. The summed E-state index contributed by atoms with van der Waals surface area (Å²) < 4.78 is 6.88. The summed E-state index contributed by atoms with van der Waals surface area (Å²) in [7, 11) is 1.61. The highest BCUT2D eigenvalue weighted by molar-refractivity contribution is 8.01. The van der Waals surface area contributed by atoms with E-state index >= 15 is 0 Å². The predicted octanol–water partition coefficient (Wildman–Crippen LogP) is 2.48. The summed E-state index contributed by atoms with van der Waals surface area (Å²) >= 11 is 2.71. The van der Waals surface area contributed by atoms with Crippen LogP contribution < -0.4 is 4.74 Å². The number of hydrogen-bond donors (Lipinski definition) is 1. The molecule has 84 valence electrons. The predicted molar refractivity (Wildman–Crippen MR) is 64.5 cm³/mol. The maximum absolute atomic E-state index is 10.4. The highest BCUT2D eigenvalue weighted by atomic mass is 32.2. The number of nitrogens with zero attached hydrogens (tertiary/aromatic N) is 1. The second-order valence-electron chi connectivity index (χ2n) is 3.00. The van der Waals surface area contributed by atoms with Gasteiger partial charge in [-0.1, -0.05) is 11.8 Å². The fourth-order valence-corrected chi connectivity index (χ4v) is 3.01. The van der Waals surface area contributed by atoms with Crippen LogP contribution in [0, 0.1) is 0 Å². The molecule has 1 aromatic heterocycles. The molecule has 1 heterocycles. The molecule has 0 aliphatic heterocycles. The van der Waals surface area contributed by atoms with Gasteiger partial charge in [-0.3, -0.25) is 4.79 Å². The topological polar surface area (TPSA) is 59.4 Å². The molecular formula is C10H9NO3S2. The zero-order valence-electron chi connectivity index (χ0n) is 8.47. The fourth-order valence-electron chi connectivity index (χ4n) is 1.20. The first kappa shape index (κ1) is 11.2. The summed E-state index contributed by atoms with van der Waals surface area (Å²) in [6.45, 7) is 0. The monoisotopic (exact) mass is 255 g/mol. The van der Waals surface area contributed by atoms with Crippen molar-refractivity contribution in [3.05, 3.63) is 18.2 Å². The molecule has 1 N–H and O–H groups in total. The Labute approximate surface area is 100 Å². The summed E-state index contributed by atoms with van der Waals surface area (Å²) in [4.78, 5) is 14.7. The van der Waals surface area contributed by atoms with Gasteiger partial charge in [0, 0.05) is 0 Å². The molecule has 4 nitrogen and oxygen atoms in total. The minimum Gasteiger partial charge on any atom is -0.497 e. The molecular weight excluding hydrogens is 246 g/mol. The summed E-state index contributed by atoms with van der Waals surface area (Å²) in [5, 5.41) is 8.57. The van der Waals surface area contributed by atoms with E-state index in [2.05, 4.69) is 4.98 Å². The Morgan fingerprint density at radius 3 is 3.12 bits per heavy atom. The van der Waals surface area contributed by atoms with Gasteiger partial charge in [0.25, 0.3) is 0 Å². The summed E-state index contributed by atoms with van der Waals surface area (Å²) in [5.41, 5.74) is 0.874. The molecule has 0 spiro atoms. The number of hydrogen-bond acceptors (Lipinski definition) is 5. The number of aliphatic carboxylic acids is 1. The molecule has 0 atom stereocenters. The van der Waals surface area contributed by atoms with E-state index in [1.807, 2.05) is 18.2 Å². The first-order valence-corrected chi connectivity index (χ1v) is 6.28. The van der Waals surface area contributed by atoms with Gasteiger partial charge in [0.2, 0.25) is 0 Å². The molecule has 0 bridgehead atoms. The van der Waals surface area contributed by atoms with Crippen molar-refractivity contribution in [2.24, 2.45) is 0 Å². The lowest BCUT2D eigenvalue weighted by Gasteiger charge is -1.96. The van der Waals surface area contributed by atoms with Gasteiger partial charge < -0.3 is 9.84 Å². The van der Waals surface area contributed by atoms with Crippen molar-refractivity contribution in [1.29, 1.82) is 0 Å². The molecule has 2 aromatic rings. The molecule has 0 fully saturated rings. The van der Waals surface area contributed by atoms with Gasteiger partial charge in [0.15, 0.2) is 4.34 Å². The molecule has 0 saturated carbocycles. The molecule has 0 unspecified atom stereocenters. The van der Waals surface area contributed by atoms with E-state index in [-0.39, 0.29) is 5.75 Å². The van der Waals surface area contributed by atoms with Crippen LogP contribution in [0.4, 0.5) is 0 Å². The van der Waals surface area contributed by atoms with Crippen LogP contribution in [0.25, 0.3) is 10.2 Å². The molecule has 0 saturated heterocycles. The number of carbonyl (C=O) groups is 1. The van der Waals surface area contributed by atoms with Crippen LogP contribution in [0.2, 0.25) is 0 Å². The minimum atomic E-state index is -0.832. The van der Waals surface area contributed by atoms with Gasteiger partial charge in [0.05, 0.1) is 23.1 Å². The number of benzene rings is 1. The van der Waals surface area contributed by atoms with Crippen molar-refractivity contribution in [3.63, 3.8) is 0 Å². The number of rotatable bonds is 4. The quantitative estimate of drug-likeness (QED) is 0.850. The van der Waals surface area contributed by atoms with Gasteiger partial charge in [-0.05, 0) is 18.2 Å². The first-order valence-electron chi connectivity index (χ1n) is 4.48. The van der Waals surface area contributed by atoms with Gasteiger partial charge in [0.1, 0.15) is 5.75 Å². The Bertz CT molecular complexity index is 524. The van der Waals surface area contributed by atoms with Crippen molar-refractivity contribution in [2.75, 3.05) is 12.9 Å². The third-order valence-electron chi connectivity index (χ3n) is 1.90. The fraction of sp³-hybridized carbons (Fsp3) is 0.200. The first-order chi connectivity index (χ1) is 7.69. The number of thiazole rings is 1. The average Bonchev–Trinajstić information content (AvgIpc) is 2.67. The largest absolute Gasteiger partial charge is 0.497 e. The van der Waals surface area contributed by atoms with Gasteiger partial charge in [-0.15, -0.1) is 11.3 Å². The Morgan fingerprint density at radius 2 is 2.44 bits per heavy atom. The number of ether oxygens (including phenoxy) is 1. The normalized spacial score (nSPS) is 10.6. The van der Waals surface area contributed by atoms with Crippen LogP contribution in [0.15, 0.2) is 22.5 Å². The zero-order chi connectivity index (χ0) is 11.5. The van der Waals surface area contributed by atoms with Crippen LogP contribution in [0.1, 0.15) is 0 Å². The third-order valence-corrected chi connectivity index (χ3v) is 4.04. The van der Waals surface area contributed by atoms with E-state index in [0.29, 0.717) is 0 Å². The summed E-state index contributed by atoms with van der Waals surface area (Å²) in [6.07, 6.45) is 0. The van der Waals surface area contributed by atoms with Crippen molar-refractivity contribution < 1.29 is 14.6 Å². The molecule has 2 rings (SSSR count).